The molecule has 1 aromatic carbocycles. The molecule has 1 saturated heterocycles. The van der Waals surface area contributed by atoms with Gasteiger partial charge in [0.05, 0.1) is 12.1 Å². The van der Waals surface area contributed by atoms with Crippen molar-refractivity contribution in [2.75, 3.05) is 6.54 Å². The Kier molecular flexibility index (Phi) is 5.70. The first kappa shape index (κ1) is 21.9. The molecule has 1 fully saturated rings. The predicted molar refractivity (Wildman–Crippen MR) is 108 cm³/mol. The van der Waals surface area contributed by atoms with E-state index >= 15 is 0 Å². The van der Waals surface area contributed by atoms with Crippen LogP contribution in [0.3, 0.4) is 0 Å². The largest absolute Gasteiger partial charge is 0.503 e. The Morgan fingerprint density at radius 1 is 1.28 bits per heavy atom. The van der Waals surface area contributed by atoms with Crippen LogP contribution in [0.15, 0.2) is 29.2 Å². The zero-order valence-electron chi connectivity index (χ0n) is 17.3. The average molecular weight is 449 g/mol. The zero-order chi connectivity index (χ0) is 23.2. The third-order valence-corrected chi connectivity index (χ3v) is 6.10. The smallest absolute Gasteiger partial charge is 0.275 e. The first-order chi connectivity index (χ1) is 15.2. The molecule has 2 N–H and O–H groups in total. The van der Waals surface area contributed by atoms with Crippen molar-refractivity contribution in [3.8, 4) is 5.75 Å². The fourth-order valence-electron chi connectivity index (χ4n) is 4.38. The summed E-state index contributed by atoms with van der Waals surface area (Å²) in [4.78, 5) is 39.2. The van der Waals surface area contributed by atoms with Gasteiger partial charge in [-0.2, -0.15) is 0 Å². The number of pyridine rings is 1. The highest BCUT2D eigenvalue weighted by atomic mass is 19.3. The second-order valence-electron chi connectivity index (χ2n) is 8.20. The third kappa shape index (κ3) is 3.74. The lowest BCUT2D eigenvalue weighted by Gasteiger charge is -2.37. The van der Waals surface area contributed by atoms with E-state index in [9.17, 15) is 32.7 Å². The zero-order valence-corrected chi connectivity index (χ0v) is 17.3. The Hall–Kier alpha value is -3.30. The Bertz CT molecular complexity index is 1150. The fourth-order valence-corrected chi connectivity index (χ4v) is 4.38. The van der Waals surface area contributed by atoms with E-state index in [4.69, 9.17) is 0 Å². The van der Waals surface area contributed by atoms with Crippen LogP contribution in [-0.2, 0) is 6.54 Å². The van der Waals surface area contributed by atoms with E-state index < -0.39 is 52.9 Å². The van der Waals surface area contributed by atoms with Crippen LogP contribution in [-0.4, -0.2) is 45.4 Å². The van der Waals surface area contributed by atoms with E-state index in [1.807, 2.05) is 0 Å². The quantitative estimate of drug-likeness (QED) is 0.751. The number of carbonyl (C=O) groups is 2. The molecular weight excluding hydrogens is 427 g/mol. The lowest BCUT2D eigenvalue weighted by molar-refractivity contribution is 0.0138. The van der Waals surface area contributed by atoms with Crippen LogP contribution in [0.5, 0.6) is 5.75 Å². The summed E-state index contributed by atoms with van der Waals surface area (Å²) in [6.45, 7) is 1.54. The maximum absolute atomic E-state index is 14.0. The van der Waals surface area contributed by atoms with Crippen molar-refractivity contribution in [3.63, 3.8) is 0 Å². The highest BCUT2D eigenvalue weighted by Crippen LogP contribution is 2.35. The van der Waals surface area contributed by atoms with Gasteiger partial charge in [-0.25, -0.2) is 13.2 Å². The molecule has 2 amide bonds. The number of fused-ring (bicyclic) bond motifs is 4. The minimum Gasteiger partial charge on any atom is -0.503 e. The minimum absolute atomic E-state index is 0.00120. The molecule has 0 radical (unpaired) electrons. The van der Waals surface area contributed by atoms with E-state index in [1.165, 1.54) is 22.9 Å². The molecular formula is C22H22F3N3O4. The van der Waals surface area contributed by atoms with Crippen LogP contribution in [0.1, 0.15) is 57.3 Å². The maximum Gasteiger partial charge on any atom is 0.275 e. The lowest BCUT2D eigenvalue weighted by atomic mass is 10.1. The molecule has 7 nitrogen and oxygen atoms in total. The summed E-state index contributed by atoms with van der Waals surface area (Å²) in [5, 5.41) is 12.9. The summed E-state index contributed by atoms with van der Waals surface area (Å²) in [5.41, 5.74) is -0.944. The molecule has 2 aliphatic heterocycles. The summed E-state index contributed by atoms with van der Waals surface area (Å²) < 4.78 is 42.3. The van der Waals surface area contributed by atoms with Crippen molar-refractivity contribution in [2.45, 2.75) is 51.2 Å². The van der Waals surface area contributed by atoms with Crippen LogP contribution >= 0.6 is 0 Å². The molecule has 32 heavy (non-hydrogen) atoms. The first-order valence-electron chi connectivity index (χ1n) is 10.3. The van der Waals surface area contributed by atoms with Gasteiger partial charge in [0, 0.05) is 24.8 Å². The maximum atomic E-state index is 14.0. The highest BCUT2D eigenvalue weighted by Gasteiger charge is 2.42. The summed E-state index contributed by atoms with van der Waals surface area (Å²) in [5.74, 6) is -3.16. The van der Waals surface area contributed by atoms with Crippen molar-refractivity contribution in [1.29, 1.82) is 0 Å². The summed E-state index contributed by atoms with van der Waals surface area (Å²) >= 11 is 0. The van der Waals surface area contributed by atoms with Gasteiger partial charge in [-0.1, -0.05) is 12.1 Å². The van der Waals surface area contributed by atoms with Crippen LogP contribution < -0.4 is 10.7 Å². The van der Waals surface area contributed by atoms with E-state index in [0.717, 1.165) is 4.90 Å². The molecule has 3 heterocycles. The summed E-state index contributed by atoms with van der Waals surface area (Å²) in [6, 6.07) is 2.76. The number of rotatable bonds is 4. The van der Waals surface area contributed by atoms with Gasteiger partial charge in [-0.15, -0.1) is 0 Å². The SMILES string of the molecule is Cc1ccc(CNC(=O)c2cn3c(c(O)c2=O)C(=O)N2C[C@@H]3CCC[C@@H]2C(F)F)c(F)c1. The average Bonchev–Trinajstić information content (AvgIpc) is 2.94. The summed E-state index contributed by atoms with van der Waals surface area (Å²) in [6.07, 6.45) is -0.595. The Labute approximate surface area is 181 Å². The van der Waals surface area contributed by atoms with Crippen LogP contribution in [0.4, 0.5) is 13.2 Å². The van der Waals surface area contributed by atoms with E-state index in [-0.39, 0.29) is 30.8 Å². The van der Waals surface area contributed by atoms with Gasteiger partial charge in [0.2, 0.25) is 5.43 Å². The van der Waals surface area contributed by atoms with Crippen LogP contribution in [0, 0.1) is 12.7 Å². The van der Waals surface area contributed by atoms with Gasteiger partial charge < -0.3 is 19.9 Å². The number of halogens is 3. The van der Waals surface area contributed by atoms with Crippen LogP contribution in [0.2, 0.25) is 0 Å². The van der Waals surface area contributed by atoms with Crippen molar-refractivity contribution in [1.82, 2.24) is 14.8 Å². The molecule has 1 aromatic heterocycles. The summed E-state index contributed by atoms with van der Waals surface area (Å²) in [7, 11) is 0. The standard InChI is InChI=1S/C22H22F3N3O4/c1-11-5-6-12(15(23)7-11)8-26-21(31)14-10-27-13-3-2-4-16(20(24)25)28(9-13)22(32)17(27)19(30)18(14)29/h5-7,10,13,16,20,30H,2-4,8-9H2,1H3,(H,26,31)/t13-,16+/m0/s1. The number of amides is 2. The first-order valence-corrected chi connectivity index (χ1v) is 10.3. The molecule has 0 aliphatic carbocycles. The molecule has 0 saturated carbocycles. The van der Waals surface area contributed by atoms with Gasteiger partial charge >= 0.3 is 0 Å². The van der Waals surface area contributed by atoms with E-state index in [2.05, 4.69) is 5.32 Å². The van der Waals surface area contributed by atoms with Crippen molar-refractivity contribution in [3.05, 3.63) is 62.8 Å². The number of benzene rings is 1. The topological polar surface area (TPSA) is 91.6 Å². The number of carbonyl (C=O) groups excluding carboxylic acids is 2. The van der Waals surface area contributed by atoms with E-state index in [1.54, 1.807) is 13.0 Å². The molecule has 2 aromatic rings. The van der Waals surface area contributed by atoms with Crippen molar-refractivity contribution in [2.24, 2.45) is 0 Å². The Morgan fingerprint density at radius 3 is 2.72 bits per heavy atom. The van der Waals surface area contributed by atoms with Gasteiger partial charge in [0.1, 0.15) is 11.4 Å². The molecule has 2 bridgehead atoms. The number of aryl methyl sites for hydroxylation is 1. The molecule has 0 spiro atoms. The second kappa shape index (κ2) is 8.33. The molecule has 170 valence electrons. The second-order valence-corrected chi connectivity index (χ2v) is 8.20. The van der Waals surface area contributed by atoms with Crippen LogP contribution in [0.25, 0.3) is 0 Å². The number of nitrogens with zero attached hydrogens (tertiary/aromatic N) is 2. The lowest BCUT2D eigenvalue weighted by Crippen LogP contribution is -2.50. The third-order valence-electron chi connectivity index (χ3n) is 6.10. The van der Waals surface area contributed by atoms with E-state index in [0.29, 0.717) is 18.4 Å². The molecule has 2 aliphatic rings. The van der Waals surface area contributed by atoms with Gasteiger partial charge in [-0.05, 0) is 37.8 Å². The van der Waals surface area contributed by atoms with Crippen molar-refractivity contribution >= 4 is 11.8 Å². The Morgan fingerprint density at radius 2 is 2.03 bits per heavy atom. The highest BCUT2D eigenvalue weighted by molar-refractivity contribution is 5.99. The number of aromatic hydroxyl groups is 1. The molecule has 4 rings (SSSR count). The fraction of sp³-hybridized carbons (Fsp3) is 0.409. The number of aromatic nitrogens is 1. The number of nitrogens with one attached hydrogen (secondary N) is 1. The molecule has 10 heteroatoms. The monoisotopic (exact) mass is 449 g/mol. The number of hydrogen-bond donors (Lipinski definition) is 2. The number of alkyl halides is 2. The molecule has 2 atom stereocenters. The minimum atomic E-state index is -2.75. The predicted octanol–water partition coefficient (Wildman–Crippen LogP) is 2.75. The number of hydrogen-bond acceptors (Lipinski definition) is 4. The van der Waals surface area contributed by atoms with Gasteiger partial charge in [0.25, 0.3) is 18.2 Å². The molecule has 0 unspecified atom stereocenters. The van der Waals surface area contributed by atoms with Gasteiger partial charge in [0.15, 0.2) is 11.4 Å². The Balaban J connectivity index is 1.66. The van der Waals surface area contributed by atoms with Crippen molar-refractivity contribution < 1.29 is 27.9 Å². The van der Waals surface area contributed by atoms with Gasteiger partial charge in [-0.3, -0.25) is 14.4 Å². The normalized spacial score (nSPS) is 20.2.